The van der Waals surface area contributed by atoms with Gasteiger partial charge in [-0.15, -0.1) is 0 Å². The summed E-state index contributed by atoms with van der Waals surface area (Å²) in [5, 5.41) is 9.99. The van der Waals surface area contributed by atoms with Crippen molar-refractivity contribution < 1.29 is 9.50 Å². The van der Waals surface area contributed by atoms with Crippen molar-refractivity contribution in [3.05, 3.63) is 65.2 Å². The predicted molar refractivity (Wildman–Crippen MR) is 59.4 cm³/mol. The van der Waals surface area contributed by atoms with Crippen LogP contribution in [0.15, 0.2) is 42.5 Å². The van der Waals surface area contributed by atoms with Gasteiger partial charge in [0.25, 0.3) is 0 Å². The summed E-state index contributed by atoms with van der Waals surface area (Å²) in [4.78, 5) is 4.17. The molecular weight excluding hydrogens is 205 g/mol. The van der Waals surface area contributed by atoms with Crippen LogP contribution >= 0.6 is 0 Å². The largest absolute Gasteiger partial charge is 0.382 e. The second-order valence-electron chi connectivity index (χ2n) is 3.63. The number of aryl methyl sites for hydroxylation is 1. The molecular formula is C13H12FNO. The maximum absolute atomic E-state index is 13.4. The smallest absolute Gasteiger partial charge is 0.129 e. The van der Waals surface area contributed by atoms with Gasteiger partial charge in [-0.25, -0.2) is 4.39 Å². The minimum atomic E-state index is -1.01. The standard InChI is InChI=1S/C13H12FNO/c1-9-5-4-8-12(15-9)13(16)10-6-2-3-7-11(10)14/h2-8,13,16H,1H3. The minimum Gasteiger partial charge on any atom is -0.382 e. The number of halogens is 1. The zero-order valence-corrected chi connectivity index (χ0v) is 8.89. The molecule has 1 unspecified atom stereocenters. The lowest BCUT2D eigenvalue weighted by Gasteiger charge is -2.11. The van der Waals surface area contributed by atoms with Gasteiger partial charge in [0, 0.05) is 11.3 Å². The van der Waals surface area contributed by atoms with E-state index >= 15 is 0 Å². The molecule has 3 heteroatoms. The van der Waals surface area contributed by atoms with E-state index < -0.39 is 11.9 Å². The van der Waals surface area contributed by atoms with Crippen LogP contribution in [0.4, 0.5) is 4.39 Å². The maximum atomic E-state index is 13.4. The first-order chi connectivity index (χ1) is 7.68. The van der Waals surface area contributed by atoms with E-state index in [-0.39, 0.29) is 5.56 Å². The van der Waals surface area contributed by atoms with Crippen molar-refractivity contribution in [2.45, 2.75) is 13.0 Å². The van der Waals surface area contributed by atoms with E-state index in [0.717, 1.165) is 5.69 Å². The van der Waals surface area contributed by atoms with E-state index in [1.807, 2.05) is 13.0 Å². The number of nitrogens with zero attached hydrogens (tertiary/aromatic N) is 1. The Kier molecular flexibility index (Phi) is 2.97. The third kappa shape index (κ3) is 2.09. The Bertz CT molecular complexity index is 499. The third-order valence-corrected chi connectivity index (χ3v) is 2.39. The van der Waals surface area contributed by atoms with Crippen LogP contribution in [0, 0.1) is 12.7 Å². The molecule has 2 aromatic rings. The molecule has 82 valence electrons. The highest BCUT2D eigenvalue weighted by atomic mass is 19.1. The highest BCUT2D eigenvalue weighted by molar-refractivity contribution is 5.27. The van der Waals surface area contributed by atoms with Gasteiger partial charge in [0.15, 0.2) is 0 Å². The van der Waals surface area contributed by atoms with Crippen molar-refractivity contribution in [3.8, 4) is 0 Å². The number of rotatable bonds is 2. The van der Waals surface area contributed by atoms with Crippen LogP contribution in [0.2, 0.25) is 0 Å². The molecule has 2 nitrogen and oxygen atoms in total. The lowest BCUT2D eigenvalue weighted by Crippen LogP contribution is -2.05. The molecule has 1 heterocycles. The van der Waals surface area contributed by atoms with E-state index in [4.69, 9.17) is 0 Å². The van der Waals surface area contributed by atoms with Crippen molar-refractivity contribution >= 4 is 0 Å². The van der Waals surface area contributed by atoms with Crippen LogP contribution in [0.5, 0.6) is 0 Å². The molecule has 0 saturated carbocycles. The topological polar surface area (TPSA) is 33.1 Å². The lowest BCUT2D eigenvalue weighted by molar-refractivity contribution is 0.210. The van der Waals surface area contributed by atoms with Gasteiger partial charge in [-0.05, 0) is 25.1 Å². The molecule has 0 spiro atoms. The Morgan fingerprint density at radius 1 is 1.12 bits per heavy atom. The monoisotopic (exact) mass is 217 g/mol. The molecule has 0 radical (unpaired) electrons. The fraction of sp³-hybridized carbons (Fsp3) is 0.154. The van der Waals surface area contributed by atoms with Gasteiger partial charge >= 0.3 is 0 Å². The average molecular weight is 217 g/mol. The van der Waals surface area contributed by atoms with Crippen LogP contribution in [0.1, 0.15) is 23.1 Å². The first-order valence-corrected chi connectivity index (χ1v) is 5.04. The van der Waals surface area contributed by atoms with Crippen LogP contribution in [0.3, 0.4) is 0 Å². The van der Waals surface area contributed by atoms with E-state index in [1.54, 1.807) is 30.3 Å². The SMILES string of the molecule is Cc1cccc(C(O)c2ccccc2F)n1. The van der Waals surface area contributed by atoms with Gasteiger partial charge in [0.1, 0.15) is 11.9 Å². The molecule has 1 aromatic heterocycles. The Balaban J connectivity index is 2.39. The van der Waals surface area contributed by atoms with Crippen LogP contribution in [0.25, 0.3) is 0 Å². The summed E-state index contributed by atoms with van der Waals surface area (Å²) in [6.45, 7) is 1.83. The number of benzene rings is 1. The Morgan fingerprint density at radius 3 is 2.56 bits per heavy atom. The van der Waals surface area contributed by atoms with Crippen molar-refractivity contribution in [1.29, 1.82) is 0 Å². The van der Waals surface area contributed by atoms with Gasteiger partial charge in [0.05, 0.1) is 5.69 Å². The van der Waals surface area contributed by atoms with E-state index in [9.17, 15) is 9.50 Å². The molecule has 0 aliphatic rings. The summed E-state index contributed by atoms with van der Waals surface area (Å²) in [6, 6.07) is 11.5. The molecule has 0 aliphatic heterocycles. The van der Waals surface area contributed by atoms with Crippen LogP contribution in [-0.2, 0) is 0 Å². The summed E-state index contributed by atoms with van der Waals surface area (Å²) in [5.41, 5.74) is 1.51. The lowest BCUT2D eigenvalue weighted by atomic mass is 10.1. The number of aliphatic hydroxyl groups excluding tert-OH is 1. The molecule has 1 atom stereocenters. The highest BCUT2D eigenvalue weighted by Gasteiger charge is 2.15. The van der Waals surface area contributed by atoms with Crippen molar-refractivity contribution in [3.63, 3.8) is 0 Å². The molecule has 0 fully saturated rings. The number of hydrogen-bond donors (Lipinski definition) is 1. The van der Waals surface area contributed by atoms with Crippen molar-refractivity contribution in [2.24, 2.45) is 0 Å². The third-order valence-electron chi connectivity index (χ3n) is 2.39. The molecule has 0 saturated heterocycles. The molecule has 0 bridgehead atoms. The fourth-order valence-corrected chi connectivity index (χ4v) is 1.57. The van der Waals surface area contributed by atoms with Gasteiger partial charge in [-0.1, -0.05) is 24.3 Å². The highest BCUT2D eigenvalue weighted by Crippen LogP contribution is 2.22. The van der Waals surface area contributed by atoms with Gasteiger partial charge in [-0.3, -0.25) is 4.98 Å². The molecule has 2 rings (SSSR count). The Morgan fingerprint density at radius 2 is 1.88 bits per heavy atom. The number of pyridine rings is 1. The quantitative estimate of drug-likeness (QED) is 0.838. The molecule has 0 amide bonds. The normalized spacial score (nSPS) is 12.4. The van der Waals surface area contributed by atoms with Gasteiger partial charge in [-0.2, -0.15) is 0 Å². The predicted octanol–water partition coefficient (Wildman–Crippen LogP) is 2.61. The van der Waals surface area contributed by atoms with Crippen molar-refractivity contribution in [1.82, 2.24) is 4.98 Å². The summed E-state index contributed by atoms with van der Waals surface area (Å²) in [7, 11) is 0. The van der Waals surface area contributed by atoms with E-state index in [0.29, 0.717) is 5.69 Å². The zero-order chi connectivity index (χ0) is 11.5. The van der Waals surface area contributed by atoms with Gasteiger partial charge < -0.3 is 5.11 Å². The summed E-state index contributed by atoms with van der Waals surface area (Å²) >= 11 is 0. The number of hydrogen-bond acceptors (Lipinski definition) is 2. The fourth-order valence-electron chi connectivity index (χ4n) is 1.57. The molecule has 0 aliphatic carbocycles. The van der Waals surface area contributed by atoms with E-state index in [2.05, 4.69) is 4.98 Å². The summed E-state index contributed by atoms with van der Waals surface area (Å²) < 4.78 is 13.4. The second kappa shape index (κ2) is 4.41. The second-order valence-corrected chi connectivity index (χ2v) is 3.63. The zero-order valence-electron chi connectivity index (χ0n) is 8.89. The minimum absolute atomic E-state index is 0.251. The molecule has 16 heavy (non-hydrogen) atoms. The first-order valence-electron chi connectivity index (χ1n) is 5.04. The van der Waals surface area contributed by atoms with Crippen molar-refractivity contribution in [2.75, 3.05) is 0 Å². The van der Waals surface area contributed by atoms with Crippen LogP contribution < -0.4 is 0 Å². The Labute approximate surface area is 93.4 Å². The first kappa shape index (κ1) is 10.8. The van der Waals surface area contributed by atoms with Crippen LogP contribution in [-0.4, -0.2) is 10.1 Å². The van der Waals surface area contributed by atoms with Gasteiger partial charge in [0.2, 0.25) is 0 Å². The summed E-state index contributed by atoms with van der Waals surface area (Å²) in [6.07, 6.45) is -1.01. The maximum Gasteiger partial charge on any atom is 0.129 e. The van der Waals surface area contributed by atoms with E-state index in [1.165, 1.54) is 6.07 Å². The average Bonchev–Trinajstić information content (AvgIpc) is 2.29. The molecule has 1 N–H and O–H groups in total. The number of aliphatic hydroxyl groups is 1. The number of aromatic nitrogens is 1. The Hall–Kier alpha value is -1.74. The molecule has 1 aromatic carbocycles. The summed E-state index contributed by atoms with van der Waals surface area (Å²) in [5.74, 6) is -0.418.